The molecule has 0 amide bonds. The molecule has 2 aromatic heterocycles. The fourth-order valence-corrected chi connectivity index (χ4v) is 3.13. The largest absolute Gasteiger partial charge is 0.457 e. The van der Waals surface area contributed by atoms with Crippen molar-refractivity contribution in [3.05, 3.63) is 80.8 Å². The van der Waals surface area contributed by atoms with Crippen molar-refractivity contribution in [2.45, 2.75) is 26.4 Å². The van der Waals surface area contributed by atoms with Crippen molar-refractivity contribution in [2.75, 3.05) is 24.2 Å². The van der Waals surface area contributed by atoms with Gasteiger partial charge in [0.25, 0.3) is 5.56 Å². The molecule has 33 heavy (non-hydrogen) atoms. The smallest absolute Gasteiger partial charge is 0.332 e. The van der Waals surface area contributed by atoms with E-state index in [0.717, 1.165) is 10.1 Å². The van der Waals surface area contributed by atoms with Crippen molar-refractivity contribution < 1.29 is 14.3 Å². The maximum absolute atomic E-state index is 12.8. The van der Waals surface area contributed by atoms with E-state index in [1.165, 1.54) is 4.57 Å². The van der Waals surface area contributed by atoms with Gasteiger partial charge in [0.1, 0.15) is 11.4 Å². The molecule has 11 nitrogen and oxygen atoms in total. The van der Waals surface area contributed by atoms with E-state index < -0.39 is 29.6 Å². The standard InChI is InChI=1S/C22H24N6O5/c1-2-27-20(31)18(19(23)28(22(27)32)13-15-7-4-3-5-8-15)16(29)14-33-17(30)9-12-26-21-24-10-6-11-25-21/h3-8,10-11H,2,9,12-14,23H2,1H3,(H,24,25,26). The van der Waals surface area contributed by atoms with Gasteiger partial charge in [0, 0.05) is 25.5 Å². The predicted octanol–water partition coefficient (Wildman–Crippen LogP) is 0.679. The van der Waals surface area contributed by atoms with Gasteiger partial charge in [0.05, 0.1) is 13.0 Å². The van der Waals surface area contributed by atoms with Crippen LogP contribution in [0.1, 0.15) is 29.3 Å². The fourth-order valence-electron chi connectivity index (χ4n) is 3.13. The molecule has 1 aromatic carbocycles. The fraction of sp³-hybridized carbons (Fsp3) is 0.273. The minimum absolute atomic E-state index is 0.0479. The Hall–Kier alpha value is -4.28. The van der Waals surface area contributed by atoms with Gasteiger partial charge >= 0.3 is 11.7 Å². The number of carbonyl (C=O) groups excluding carboxylic acids is 2. The van der Waals surface area contributed by atoms with Crippen molar-refractivity contribution in [1.29, 1.82) is 0 Å². The van der Waals surface area contributed by atoms with E-state index in [1.807, 2.05) is 6.07 Å². The highest BCUT2D eigenvalue weighted by Crippen LogP contribution is 2.10. The molecule has 0 saturated carbocycles. The number of benzene rings is 1. The van der Waals surface area contributed by atoms with E-state index >= 15 is 0 Å². The van der Waals surface area contributed by atoms with E-state index in [-0.39, 0.29) is 37.4 Å². The van der Waals surface area contributed by atoms with Gasteiger partial charge in [-0.1, -0.05) is 30.3 Å². The third kappa shape index (κ3) is 5.70. The predicted molar refractivity (Wildman–Crippen MR) is 121 cm³/mol. The number of hydrogen-bond donors (Lipinski definition) is 2. The summed E-state index contributed by atoms with van der Waals surface area (Å²) in [6, 6.07) is 10.7. The zero-order chi connectivity index (χ0) is 23.8. The summed E-state index contributed by atoms with van der Waals surface area (Å²) in [7, 11) is 0. The van der Waals surface area contributed by atoms with Gasteiger partial charge in [-0.15, -0.1) is 0 Å². The molecule has 0 saturated heterocycles. The Morgan fingerprint density at radius 1 is 1.06 bits per heavy atom. The van der Waals surface area contributed by atoms with Gasteiger partial charge in [0.15, 0.2) is 6.61 Å². The molecule has 0 aliphatic carbocycles. The first-order chi connectivity index (χ1) is 15.9. The lowest BCUT2D eigenvalue weighted by Crippen LogP contribution is -2.44. The SMILES string of the molecule is CCn1c(=O)c(C(=O)COC(=O)CCNc2ncccn2)c(N)n(Cc2ccccc2)c1=O. The highest BCUT2D eigenvalue weighted by Gasteiger charge is 2.23. The van der Waals surface area contributed by atoms with Crippen LogP contribution in [0.25, 0.3) is 0 Å². The number of esters is 1. The number of nitrogens with two attached hydrogens (primary N) is 1. The molecule has 0 aliphatic heterocycles. The lowest BCUT2D eigenvalue weighted by atomic mass is 10.2. The number of aromatic nitrogens is 4. The summed E-state index contributed by atoms with van der Waals surface area (Å²) in [6.45, 7) is 1.28. The average Bonchev–Trinajstić information content (AvgIpc) is 2.82. The maximum Gasteiger partial charge on any atom is 0.332 e. The Bertz CT molecular complexity index is 1240. The molecule has 0 aliphatic rings. The highest BCUT2D eigenvalue weighted by molar-refractivity contribution is 6.01. The molecular weight excluding hydrogens is 428 g/mol. The van der Waals surface area contributed by atoms with E-state index in [4.69, 9.17) is 10.5 Å². The summed E-state index contributed by atoms with van der Waals surface area (Å²) in [5, 5.41) is 2.85. The lowest BCUT2D eigenvalue weighted by molar-refractivity contribution is -0.142. The number of nitrogen functional groups attached to an aromatic ring is 1. The summed E-state index contributed by atoms with van der Waals surface area (Å²) in [5.74, 6) is -1.34. The summed E-state index contributed by atoms with van der Waals surface area (Å²) in [5.41, 5.74) is 5.03. The first-order valence-corrected chi connectivity index (χ1v) is 10.3. The number of nitrogens with one attached hydrogen (secondary N) is 1. The second-order valence-electron chi connectivity index (χ2n) is 7.00. The molecule has 172 valence electrons. The monoisotopic (exact) mass is 452 g/mol. The van der Waals surface area contributed by atoms with Crippen molar-refractivity contribution >= 4 is 23.5 Å². The summed E-state index contributed by atoms with van der Waals surface area (Å²) in [4.78, 5) is 58.2. The topological polar surface area (TPSA) is 151 Å². The van der Waals surface area contributed by atoms with Crippen LogP contribution in [0.3, 0.4) is 0 Å². The number of Topliss-reactive ketones (excluding diaryl/α,β-unsaturated/α-hetero) is 1. The van der Waals surface area contributed by atoms with Crippen molar-refractivity contribution in [3.63, 3.8) is 0 Å². The van der Waals surface area contributed by atoms with E-state index in [0.29, 0.717) is 5.95 Å². The van der Waals surface area contributed by atoms with Gasteiger partial charge in [-0.25, -0.2) is 14.8 Å². The summed E-state index contributed by atoms with van der Waals surface area (Å²) < 4.78 is 7.10. The van der Waals surface area contributed by atoms with Crippen LogP contribution in [0.2, 0.25) is 0 Å². The van der Waals surface area contributed by atoms with Crippen LogP contribution in [-0.2, 0) is 22.6 Å². The molecule has 0 radical (unpaired) electrons. The summed E-state index contributed by atoms with van der Waals surface area (Å²) >= 11 is 0. The quantitative estimate of drug-likeness (QED) is 0.334. The molecule has 3 aromatic rings. The van der Waals surface area contributed by atoms with Crippen molar-refractivity contribution in [1.82, 2.24) is 19.1 Å². The lowest BCUT2D eigenvalue weighted by Gasteiger charge is -2.16. The highest BCUT2D eigenvalue weighted by atomic mass is 16.5. The number of rotatable bonds is 10. The van der Waals surface area contributed by atoms with Gasteiger partial charge in [-0.2, -0.15) is 0 Å². The number of anilines is 2. The van der Waals surface area contributed by atoms with Gasteiger partial charge < -0.3 is 15.8 Å². The van der Waals surface area contributed by atoms with Gasteiger partial charge in [-0.05, 0) is 18.6 Å². The zero-order valence-electron chi connectivity index (χ0n) is 18.1. The van der Waals surface area contributed by atoms with Crippen molar-refractivity contribution in [3.8, 4) is 0 Å². The van der Waals surface area contributed by atoms with Gasteiger partial charge in [-0.3, -0.25) is 23.5 Å². The minimum Gasteiger partial charge on any atom is -0.457 e. The number of nitrogens with zero attached hydrogens (tertiary/aromatic N) is 4. The Balaban J connectivity index is 1.72. The van der Waals surface area contributed by atoms with E-state index in [1.54, 1.807) is 49.6 Å². The average molecular weight is 452 g/mol. The van der Waals surface area contributed by atoms with Crippen LogP contribution in [0.5, 0.6) is 0 Å². The molecule has 0 unspecified atom stereocenters. The molecule has 3 N–H and O–H groups in total. The first-order valence-electron chi connectivity index (χ1n) is 10.3. The van der Waals surface area contributed by atoms with Crippen molar-refractivity contribution in [2.24, 2.45) is 0 Å². The molecule has 0 atom stereocenters. The second kappa shape index (κ2) is 10.8. The normalized spacial score (nSPS) is 10.6. The third-order valence-corrected chi connectivity index (χ3v) is 4.79. The number of ether oxygens (including phenoxy) is 1. The van der Waals surface area contributed by atoms with E-state index in [2.05, 4.69) is 15.3 Å². The Morgan fingerprint density at radius 2 is 1.76 bits per heavy atom. The second-order valence-corrected chi connectivity index (χ2v) is 7.00. The Kier molecular flexibility index (Phi) is 7.68. The zero-order valence-corrected chi connectivity index (χ0v) is 18.1. The number of ketones is 1. The van der Waals surface area contributed by atoms with E-state index in [9.17, 15) is 19.2 Å². The Labute approximate surface area is 188 Å². The molecule has 3 rings (SSSR count). The van der Waals surface area contributed by atoms with Crippen LogP contribution in [-0.4, -0.2) is 44.0 Å². The third-order valence-electron chi connectivity index (χ3n) is 4.79. The number of carbonyl (C=O) groups is 2. The van der Waals surface area contributed by atoms with Crippen LogP contribution >= 0.6 is 0 Å². The van der Waals surface area contributed by atoms with Crippen LogP contribution in [0.15, 0.2) is 58.4 Å². The molecule has 2 heterocycles. The number of hydrogen-bond acceptors (Lipinski definition) is 9. The molecular formula is C22H24N6O5. The molecule has 0 bridgehead atoms. The van der Waals surface area contributed by atoms with Crippen LogP contribution < -0.4 is 22.3 Å². The first kappa shape index (κ1) is 23.4. The minimum atomic E-state index is -0.812. The van der Waals surface area contributed by atoms with Crippen LogP contribution in [0, 0.1) is 0 Å². The summed E-state index contributed by atoms with van der Waals surface area (Å²) in [6.07, 6.45) is 3.06. The Morgan fingerprint density at radius 3 is 2.42 bits per heavy atom. The van der Waals surface area contributed by atoms with Crippen LogP contribution in [0.4, 0.5) is 11.8 Å². The molecule has 0 fully saturated rings. The maximum atomic E-state index is 12.8. The molecule has 11 heteroatoms. The molecule has 0 spiro atoms. The van der Waals surface area contributed by atoms with Gasteiger partial charge in [0.2, 0.25) is 11.7 Å².